The molecule has 0 saturated heterocycles. The van der Waals surface area contributed by atoms with E-state index in [1.54, 1.807) is 0 Å². The molecule has 2 fully saturated rings. The molecule has 0 bridgehead atoms. The van der Waals surface area contributed by atoms with E-state index >= 15 is 0 Å². The Kier molecular flexibility index (Phi) is 3.45. The lowest BCUT2D eigenvalue weighted by atomic mass is 10.1. The summed E-state index contributed by atoms with van der Waals surface area (Å²) in [5, 5.41) is 3.26. The van der Waals surface area contributed by atoms with Crippen molar-refractivity contribution in [3.05, 3.63) is 29.8 Å². The fourth-order valence-electron chi connectivity index (χ4n) is 2.46. The molecule has 102 valence electrons. The second-order valence-corrected chi connectivity index (χ2v) is 5.74. The Hall–Kier alpha value is -1.51. The molecule has 1 amide bonds. The van der Waals surface area contributed by atoms with Gasteiger partial charge in [0, 0.05) is 30.4 Å². The van der Waals surface area contributed by atoms with Crippen molar-refractivity contribution in [1.82, 2.24) is 4.90 Å². The van der Waals surface area contributed by atoms with Gasteiger partial charge in [-0.2, -0.15) is 0 Å². The van der Waals surface area contributed by atoms with Crippen LogP contribution in [0.25, 0.3) is 0 Å². The highest BCUT2D eigenvalue weighted by Crippen LogP contribution is 2.35. The SMILES string of the molecule is CCNc1ccc(C(=O)N(CC2CC2)C2CC2)cc1. The third kappa shape index (κ3) is 3.09. The summed E-state index contributed by atoms with van der Waals surface area (Å²) in [5.41, 5.74) is 1.91. The highest BCUT2D eigenvalue weighted by molar-refractivity contribution is 5.95. The maximum atomic E-state index is 12.6. The highest BCUT2D eigenvalue weighted by atomic mass is 16.2. The zero-order valence-electron chi connectivity index (χ0n) is 11.6. The number of hydrogen-bond acceptors (Lipinski definition) is 2. The largest absolute Gasteiger partial charge is 0.385 e. The molecule has 3 nitrogen and oxygen atoms in total. The normalized spacial score (nSPS) is 18.2. The van der Waals surface area contributed by atoms with E-state index in [2.05, 4.69) is 17.1 Å². The van der Waals surface area contributed by atoms with E-state index in [9.17, 15) is 4.79 Å². The Morgan fingerprint density at radius 2 is 1.89 bits per heavy atom. The molecule has 3 heteroatoms. The Labute approximate surface area is 115 Å². The summed E-state index contributed by atoms with van der Waals surface area (Å²) in [6, 6.07) is 8.41. The number of carbonyl (C=O) groups excluding carboxylic acids is 1. The van der Waals surface area contributed by atoms with Crippen LogP contribution in [0.4, 0.5) is 5.69 Å². The first kappa shape index (κ1) is 12.5. The van der Waals surface area contributed by atoms with Crippen molar-refractivity contribution in [2.45, 2.75) is 38.6 Å². The Morgan fingerprint density at radius 3 is 2.42 bits per heavy atom. The van der Waals surface area contributed by atoms with Crippen molar-refractivity contribution in [3.8, 4) is 0 Å². The van der Waals surface area contributed by atoms with Crippen molar-refractivity contribution >= 4 is 11.6 Å². The van der Waals surface area contributed by atoms with Gasteiger partial charge in [0.1, 0.15) is 0 Å². The lowest BCUT2D eigenvalue weighted by molar-refractivity contribution is 0.0735. The predicted octanol–water partition coefficient (Wildman–Crippen LogP) is 3.13. The van der Waals surface area contributed by atoms with Crippen LogP contribution in [0.1, 0.15) is 43.0 Å². The van der Waals surface area contributed by atoms with E-state index in [0.29, 0.717) is 6.04 Å². The summed E-state index contributed by atoms with van der Waals surface area (Å²) in [7, 11) is 0. The molecule has 0 aliphatic heterocycles. The van der Waals surface area contributed by atoms with Crippen LogP contribution < -0.4 is 5.32 Å². The number of benzene rings is 1. The molecule has 2 aliphatic carbocycles. The number of nitrogens with zero attached hydrogens (tertiary/aromatic N) is 1. The third-order valence-electron chi connectivity index (χ3n) is 3.91. The first-order valence-electron chi connectivity index (χ1n) is 7.43. The third-order valence-corrected chi connectivity index (χ3v) is 3.91. The van der Waals surface area contributed by atoms with Gasteiger partial charge in [-0.05, 0) is 62.8 Å². The number of amides is 1. The van der Waals surface area contributed by atoms with E-state index in [1.165, 1.54) is 25.7 Å². The summed E-state index contributed by atoms with van der Waals surface area (Å²) in [4.78, 5) is 14.7. The molecular weight excluding hydrogens is 236 g/mol. The van der Waals surface area contributed by atoms with Crippen LogP contribution >= 0.6 is 0 Å². The first-order valence-corrected chi connectivity index (χ1v) is 7.43. The van der Waals surface area contributed by atoms with Gasteiger partial charge in [-0.1, -0.05) is 0 Å². The number of hydrogen-bond donors (Lipinski definition) is 1. The van der Waals surface area contributed by atoms with Gasteiger partial charge in [-0.25, -0.2) is 0 Å². The van der Waals surface area contributed by atoms with Gasteiger partial charge in [0.15, 0.2) is 0 Å². The molecule has 1 N–H and O–H groups in total. The van der Waals surface area contributed by atoms with Crippen molar-refractivity contribution in [3.63, 3.8) is 0 Å². The Balaban J connectivity index is 1.69. The molecule has 1 aromatic rings. The van der Waals surface area contributed by atoms with Gasteiger partial charge >= 0.3 is 0 Å². The topological polar surface area (TPSA) is 32.3 Å². The Bertz CT molecular complexity index is 446. The van der Waals surface area contributed by atoms with Crippen molar-refractivity contribution in [2.75, 3.05) is 18.4 Å². The van der Waals surface area contributed by atoms with Crippen LogP contribution in [-0.4, -0.2) is 29.9 Å². The molecular formula is C16H22N2O. The number of nitrogens with one attached hydrogen (secondary N) is 1. The molecule has 0 atom stereocenters. The van der Waals surface area contributed by atoms with Gasteiger partial charge in [-0.3, -0.25) is 4.79 Å². The Morgan fingerprint density at radius 1 is 1.21 bits per heavy atom. The van der Waals surface area contributed by atoms with Gasteiger partial charge in [0.2, 0.25) is 0 Å². The van der Waals surface area contributed by atoms with Crippen LogP contribution in [0.2, 0.25) is 0 Å². The average molecular weight is 258 g/mol. The highest BCUT2D eigenvalue weighted by Gasteiger charge is 2.36. The molecule has 0 heterocycles. The number of anilines is 1. The maximum absolute atomic E-state index is 12.6. The predicted molar refractivity (Wildman–Crippen MR) is 77.4 cm³/mol. The first-order chi connectivity index (χ1) is 9.28. The average Bonchev–Trinajstić information content (AvgIpc) is 3.28. The smallest absolute Gasteiger partial charge is 0.254 e. The maximum Gasteiger partial charge on any atom is 0.254 e. The quantitative estimate of drug-likeness (QED) is 0.850. The molecule has 0 aromatic heterocycles. The summed E-state index contributed by atoms with van der Waals surface area (Å²) in [5.74, 6) is 0.989. The summed E-state index contributed by atoms with van der Waals surface area (Å²) >= 11 is 0. The lowest BCUT2D eigenvalue weighted by Crippen LogP contribution is -2.34. The molecule has 19 heavy (non-hydrogen) atoms. The van der Waals surface area contributed by atoms with E-state index in [-0.39, 0.29) is 5.91 Å². The van der Waals surface area contributed by atoms with E-state index in [4.69, 9.17) is 0 Å². The van der Waals surface area contributed by atoms with Crippen molar-refractivity contribution < 1.29 is 4.79 Å². The molecule has 3 rings (SSSR count). The molecule has 1 aromatic carbocycles. The van der Waals surface area contributed by atoms with Gasteiger partial charge in [0.05, 0.1) is 0 Å². The van der Waals surface area contributed by atoms with Crippen LogP contribution in [0, 0.1) is 5.92 Å². The van der Waals surface area contributed by atoms with Gasteiger partial charge in [0.25, 0.3) is 5.91 Å². The molecule has 0 unspecified atom stereocenters. The molecule has 2 saturated carbocycles. The molecule has 0 radical (unpaired) electrons. The summed E-state index contributed by atoms with van der Waals surface area (Å²) in [6.07, 6.45) is 4.98. The van der Waals surface area contributed by atoms with Crippen molar-refractivity contribution in [1.29, 1.82) is 0 Å². The van der Waals surface area contributed by atoms with Gasteiger partial charge in [-0.15, -0.1) is 0 Å². The minimum Gasteiger partial charge on any atom is -0.385 e. The summed E-state index contributed by atoms with van der Waals surface area (Å²) in [6.45, 7) is 3.95. The van der Waals surface area contributed by atoms with Crippen molar-refractivity contribution in [2.24, 2.45) is 5.92 Å². The van der Waals surface area contributed by atoms with E-state index in [1.807, 2.05) is 24.3 Å². The van der Waals surface area contributed by atoms with Gasteiger partial charge < -0.3 is 10.2 Å². The molecule has 0 spiro atoms. The minimum absolute atomic E-state index is 0.220. The van der Waals surface area contributed by atoms with E-state index < -0.39 is 0 Å². The lowest BCUT2D eigenvalue weighted by Gasteiger charge is -2.22. The summed E-state index contributed by atoms with van der Waals surface area (Å²) < 4.78 is 0. The zero-order chi connectivity index (χ0) is 13.2. The number of carbonyl (C=O) groups is 1. The van der Waals surface area contributed by atoms with Crippen LogP contribution in [0.3, 0.4) is 0 Å². The van der Waals surface area contributed by atoms with Crippen LogP contribution in [0.15, 0.2) is 24.3 Å². The molecule has 2 aliphatic rings. The second-order valence-electron chi connectivity index (χ2n) is 5.74. The monoisotopic (exact) mass is 258 g/mol. The van der Waals surface area contributed by atoms with Crippen LogP contribution in [-0.2, 0) is 0 Å². The zero-order valence-corrected chi connectivity index (χ0v) is 11.6. The number of rotatable bonds is 6. The standard InChI is InChI=1S/C16H22N2O/c1-2-17-14-7-5-13(6-8-14)16(19)18(15-9-10-15)11-12-3-4-12/h5-8,12,15,17H,2-4,9-11H2,1H3. The second kappa shape index (κ2) is 5.24. The van der Waals surface area contributed by atoms with E-state index in [0.717, 1.165) is 30.3 Å². The van der Waals surface area contributed by atoms with Crippen LogP contribution in [0.5, 0.6) is 0 Å². The fourth-order valence-corrected chi connectivity index (χ4v) is 2.46. The fraction of sp³-hybridized carbons (Fsp3) is 0.562. The minimum atomic E-state index is 0.220.